The molecule has 1 nitrogen and oxygen atoms in total. The summed E-state index contributed by atoms with van der Waals surface area (Å²) in [4.78, 5) is 0. The van der Waals surface area contributed by atoms with Gasteiger partial charge in [0, 0.05) is 29.1 Å². The van der Waals surface area contributed by atoms with Gasteiger partial charge in [0.25, 0.3) is 0 Å². The van der Waals surface area contributed by atoms with Gasteiger partial charge in [-0.1, -0.05) is 18.5 Å². The van der Waals surface area contributed by atoms with Crippen molar-refractivity contribution < 1.29 is 4.39 Å². The van der Waals surface area contributed by atoms with Gasteiger partial charge in [-0.25, -0.2) is 4.39 Å². The molecule has 1 aromatic carbocycles. The number of benzene rings is 1. The third kappa shape index (κ3) is 4.28. The molecule has 0 aliphatic carbocycles. The lowest BCUT2D eigenvalue weighted by atomic mass is 10.1. The molecule has 1 N–H and O–H groups in total. The maximum absolute atomic E-state index is 13.4. The SMILES string of the molecule is CCC(CCCl)NCc1cc(Cl)ccc1F. The van der Waals surface area contributed by atoms with E-state index in [1.54, 1.807) is 12.1 Å². The first kappa shape index (κ1) is 13.8. The van der Waals surface area contributed by atoms with Crippen molar-refractivity contribution in [2.24, 2.45) is 0 Å². The Morgan fingerprint density at radius 1 is 1.44 bits per heavy atom. The first-order valence-corrected chi connectivity index (χ1v) is 6.32. The molecule has 0 bridgehead atoms. The van der Waals surface area contributed by atoms with Crippen LogP contribution in [0.25, 0.3) is 0 Å². The van der Waals surface area contributed by atoms with Gasteiger partial charge in [-0.15, -0.1) is 11.6 Å². The molecule has 0 saturated carbocycles. The predicted octanol–water partition coefficient (Wildman–Crippen LogP) is 3.98. The van der Waals surface area contributed by atoms with E-state index in [0.29, 0.717) is 29.1 Å². The first-order valence-electron chi connectivity index (χ1n) is 5.40. The summed E-state index contributed by atoms with van der Waals surface area (Å²) in [5.41, 5.74) is 0.598. The van der Waals surface area contributed by atoms with E-state index in [1.807, 2.05) is 0 Å². The zero-order valence-electron chi connectivity index (χ0n) is 9.27. The van der Waals surface area contributed by atoms with Crippen LogP contribution in [0.3, 0.4) is 0 Å². The molecule has 0 spiro atoms. The molecule has 0 radical (unpaired) electrons. The number of hydrogen-bond donors (Lipinski definition) is 1. The van der Waals surface area contributed by atoms with E-state index in [4.69, 9.17) is 23.2 Å². The molecule has 1 atom stereocenters. The molecule has 1 aromatic rings. The Morgan fingerprint density at radius 2 is 2.19 bits per heavy atom. The average Bonchev–Trinajstić information content (AvgIpc) is 2.28. The van der Waals surface area contributed by atoms with Crippen LogP contribution >= 0.6 is 23.2 Å². The monoisotopic (exact) mass is 263 g/mol. The van der Waals surface area contributed by atoms with E-state index >= 15 is 0 Å². The molecule has 90 valence electrons. The molecule has 0 saturated heterocycles. The number of hydrogen-bond acceptors (Lipinski definition) is 1. The van der Waals surface area contributed by atoms with Crippen molar-refractivity contribution in [3.8, 4) is 0 Å². The third-order valence-corrected chi connectivity index (χ3v) is 2.99. The van der Waals surface area contributed by atoms with Crippen molar-refractivity contribution in [1.82, 2.24) is 5.32 Å². The van der Waals surface area contributed by atoms with Crippen LogP contribution in [0.1, 0.15) is 25.3 Å². The number of alkyl halides is 1. The van der Waals surface area contributed by atoms with Gasteiger partial charge in [-0.2, -0.15) is 0 Å². The Labute approximate surface area is 106 Å². The molecule has 4 heteroatoms. The summed E-state index contributed by atoms with van der Waals surface area (Å²) in [5.74, 6) is 0.390. The molecule has 0 aliphatic heterocycles. The van der Waals surface area contributed by atoms with Crippen molar-refractivity contribution in [3.05, 3.63) is 34.6 Å². The van der Waals surface area contributed by atoms with Crippen LogP contribution in [-0.4, -0.2) is 11.9 Å². The van der Waals surface area contributed by atoms with Crippen molar-refractivity contribution in [2.75, 3.05) is 5.88 Å². The standard InChI is InChI=1S/C12H16Cl2FN/c1-2-11(5-6-13)16-8-9-7-10(14)3-4-12(9)15/h3-4,7,11,16H,2,5-6,8H2,1H3. The Hall–Kier alpha value is -0.310. The highest BCUT2D eigenvalue weighted by Crippen LogP contribution is 2.15. The summed E-state index contributed by atoms with van der Waals surface area (Å²) in [5, 5.41) is 3.83. The number of rotatable bonds is 6. The predicted molar refractivity (Wildman–Crippen MR) is 67.7 cm³/mol. The molecular formula is C12H16Cl2FN. The van der Waals surface area contributed by atoms with E-state index in [-0.39, 0.29) is 5.82 Å². The maximum Gasteiger partial charge on any atom is 0.127 e. The lowest BCUT2D eigenvalue weighted by molar-refractivity contribution is 0.476. The lowest BCUT2D eigenvalue weighted by Crippen LogP contribution is -2.28. The van der Waals surface area contributed by atoms with Crippen molar-refractivity contribution in [2.45, 2.75) is 32.4 Å². The van der Waals surface area contributed by atoms with E-state index in [2.05, 4.69) is 12.2 Å². The molecule has 0 heterocycles. The maximum atomic E-state index is 13.4. The van der Waals surface area contributed by atoms with Gasteiger partial charge < -0.3 is 5.32 Å². The third-order valence-electron chi connectivity index (χ3n) is 2.54. The van der Waals surface area contributed by atoms with Crippen LogP contribution in [0.2, 0.25) is 5.02 Å². The fourth-order valence-corrected chi connectivity index (χ4v) is 1.97. The van der Waals surface area contributed by atoms with Crippen LogP contribution in [-0.2, 0) is 6.54 Å². The molecule has 1 rings (SSSR count). The summed E-state index contributed by atoms with van der Waals surface area (Å²) in [6.45, 7) is 2.57. The Bertz CT molecular complexity index is 331. The summed E-state index contributed by atoms with van der Waals surface area (Å²) < 4.78 is 13.4. The van der Waals surface area contributed by atoms with Gasteiger partial charge in [-0.05, 0) is 31.0 Å². The van der Waals surface area contributed by atoms with Crippen LogP contribution in [0.15, 0.2) is 18.2 Å². The second kappa shape index (κ2) is 7.10. The van der Waals surface area contributed by atoms with Gasteiger partial charge >= 0.3 is 0 Å². The smallest absolute Gasteiger partial charge is 0.127 e. The second-order valence-corrected chi connectivity index (χ2v) is 4.51. The van der Waals surface area contributed by atoms with Crippen LogP contribution < -0.4 is 5.32 Å². The fourth-order valence-electron chi connectivity index (χ4n) is 1.52. The minimum atomic E-state index is -0.224. The molecule has 1 unspecified atom stereocenters. The topological polar surface area (TPSA) is 12.0 Å². The van der Waals surface area contributed by atoms with Crippen LogP contribution in [0.4, 0.5) is 4.39 Å². The van der Waals surface area contributed by atoms with Gasteiger partial charge in [0.1, 0.15) is 5.82 Å². The molecular weight excluding hydrogens is 248 g/mol. The van der Waals surface area contributed by atoms with E-state index < -0.39 is 0 Å². The average molecular weight is 264 g/mol. The molecule has 0 aliphatic rings. The first-order chi connectivity index (χ1) is 7.67. The fraction of sp³-hybridized carbons (Fsp3) is 0.500. The van der Waals surface area contributed by atoms with Gasteiger partial charge in [0.15, 0.2) is 0 Å². The summed E-state index contributed by atoms with van der Waals surface area (Å²) in [6.07, 6.45) is 1.87. The zero-order valence-corrected chi connectivity index (χ0v) is 10.8. The Kier molecular flexibility index (Phi) is 6.10. The lowest BCUT2D eigenvalue weighted by Gasteiger charge is -2.15. The van der Waals surface area contributed by atoms with Crippen molar-refractivity contribution in [3.63, 3.8) is 0 Å². The summed E-state index contributed by atoms with van der Waals surface area (Å²) >= 11 is 11.5. The van der Waals surface area contributed by atoms with Crippen LogP contribution in [0, 0.1) is 5.82 Å². The van der Waals surface area contributed by atoms with E-state index in [0.717, 1.165) is 12.8 Å². The van der Waals surface area contributed by atoms with Crippen molar-refractivity contribution in [1.29, 1.82) is 0 Å². The minimum Gasteiger partial charge on any atom is -0.310 e. The minimum absolute atomic E-state index is 0.224. The Morgan fingerprint density at radius 3 is 2.81 bits per heavy atom. The quantitative estimate of drug-likeness (QED) is 0.766. The number of nitrogens with one attached hydrogen (secondary N) is 1. The normalized spacial score (nSPS) is 12.8. The highest BCUT2D eigenvalue weighted by molar-refractivity contribution is 6.30. The highest BCUT2D eigenvalue weighted by Gasteiger charge is 2.07. The molecule has 0 fully saturated rings. The number of halogens is 3. The second-order valence-electron chi connectivity index (χ2n) is 3.70. The molecule has 0 aromatic heterocycles. The van der Waals surface area contributed by atoms with Gasteiger partial charge in [0.2, 0.25) is 0 Å². The van der Waals surface area contributed by atoms with Crippen molar-refractivity contribution >= 4 is 23.2 Å². The van der Waals surface area contributed by atoms with Gasteiger partial charge in [0.05, 0.1) is 0 Å². The summed E-state index contributed by atoms with van der Waals surface area (Å²) in [6, 6.07) is 4.92. The highest BCUT2D eigenvalue weighted by atomic mass is 35.5. The largest absolute Gasteiger partial charge is 0.310 e. The molecule has 16 heavy (non-hydrogen) atoms. The van der Waals surface area contributed by atoms with Gasteiger partial charge in [-0.3, -0.25) is 0 Å². The zero-order chi connectivity index (χ0) is 12.0. The van der Waals surface area contributed by atoms with E-state index in [1.165, 1.54) is 6.07 Å². The summed E-state index contributed by atoms with van der Waals surface area (Å²) in [7, 11) is 0. The Balaban J connectivity index is 2.55. The van der Waals surface area contributed by atoms with E-state index in [9.17, 15) is 4.39 Å². The van der Waals surface area contributed by atoms with Crippen LogP contribution in [0.5, 0.6) is 0 Å². The molecule has 0 amide bonds.